The minimum absolute atomic E-state index is 0.0221. The molecule has 0 saturated heterocycles. The number of rotatable bonds is 5. The molecule has 0 aliphatic carbocycles. The van der Waals surface area contributed by atoms with Crippen LogP contribution >= 0.6 is 11.8 Å². The van der Waals surface area contributed by atoms with E-state index in [9.17, 15) is 4.79 Å². The first kappa shape index (κ1) is 14.7. The normalized spacial score (nSPS) is 12.3. The first-order chi connectivity index (χ1) is 8.43. The first-order valence-corrected chi connectivity index (χ1v) is 6.72. The van der Waals surface area contributed by atoms with Gasteiger partial charge in [-0.25, -0.2) is 0 Å². The molecule has 3 N–H and O–H groups in total. The van der Waals surface area contributed by atoms with E-state index in [2.05, 4.69) is 5.32 Å². The van der Waals surface area contributed by atoms with E-state index in [0.29, 0.717) is 11.4 Å². The number of nitrogen functional groups attached to an aromatic ring is 1. The molecular formula is C13H20N2O2S. The fraction of sp³-hybridized carbons (Fsp3) is 0.462. The average Bonchev–Trinajstić information content (AvgIpc) is 2.30. The van der Waals surface area contributed by atoms with Crippen LogP contribution in [0.5, 0.6) is 5.75 Å². The van der Waals surface area contributed by atoms with Crippen LogP contribution in [-0.4, -0.2) is 24.3 Å². The number of hydrogen-bond acceptors (Lipinski definition) is 4. The minimum Gasteiger partial charge on any atom is -0.496 e. The molecule has 0 bridgehead atoms. The van der Waals surface area contributed by atoms with E-state index < -0.39 is 0 Å². The number of anilines is 1. The number of carbonyl (C=O) groups is 1. The predicted octanol–water partition coefficient (Wildman–Crippen LogP) is 2.28. The van der Waals surface area contributed by atoms with E-state index in [1.807, 2.05) is 26.8 Å². The van der Waals surface area contributed by atoms with Crippen molar-refractivity contribution >= 4 is 23.4 Å². The van der Waals surface area contributed by atoms with Gasteiger partial charge in [-0.1, -0.05) is 0 Å². The minimum atomic E-state index is -0.176. The van der Waals surface area contributed by atoms with Gasteiger partial charge < -0.3 is 15.8 Å². The van der Waals surface area contributed by atoms with Gasteiger partial charge >= 0.3 is 0 Å². The molecule has 1 unspecified atom stereocenters. The molecule has 4 nitrogen and oxygen atoms in total. The lowest BCUT2D eigenvalue weighted by atomic mass is 10.3. The van der Waals surface area contributed by atoms with Crippen molar-refractivity contribution in [2.45, 2.75) is 37.0 Å². The first-order valence-electron chi connectivity index (χ1n) is 5.84. The second kappa shape index (κ2) is 6.54. The molecule has 0 aliphatic heterocycles. The highest BCUT2D eigenvalue weighted by Gasteiger charge is 2.17. The van der Waals surface area contributed by atoms with Crippen LogP contribution in [0, 0.1) is 0 Å². The summed E-state index contributed by atoms with van der Waals surface area (Å²) in [5.41, 5.74) is 6.34. The second-order valence-electron chi connectivity index (χ2n) is 4.33. The fourth-order valence-corrected chi connectivity index (χ4v) is 2.39. The van der Waals surface area contributed by atoms with E-state index in [1.54, 1.807) is 19.2 Å². The van der Waals surface area contributed by atoms with Gasteiger partial charge in [0.05, 0.1) is 17.3 Å². The van der Waals surface area contributed by atoms with Gasteiger partial charge in [-0.3, -0.25) is 4.79 Å². The van der Waals surface area contributed by atoms with Crippen molar-refractivity contribution in [1.29, 1.82) is 0 Å². The van der Waals surface area contributed by atoms with Gasteiger partial charge in [-0.2, -0.15) is 0 Å². The number of methoxy groups -OCH3 is 1. The maximum Gasteiger partial charge on any atom is 0.233 e. The summed E-state index contributed by atoms with van der Waals surface area (Å²) in [5.74, 6) is 0.720. The molecule has 0 aliphatic rings. The topological polar surface area (TPSA) is 64.3 Å². The van der Waals surface area contributed by atoms with Crippen LogP contribution in [0.2, 0.25) is 0 Å². The van der Waals surface area contributed by atoms with Crippen molar-refractivity contribution < 1.29 is 9.53 Å². The zero-order chi connectivity index (χ0) is 13.7. The van der Waals surface area contributed by atoms with Crippen LogP contribution < -0.4 is 15.8 Å². The Morgan fingerprint density at radius 3 is 2.61 bits per heavy atom. The second-order valence-corrected chi connectivity index (χ2v) is 5.72. The zero-order valence-electron chi connectivity index (χ0n) is 11.2. The molecule has 0 aromatic heterocycles. The summed E-state index contributed by atoms with van der Waals surface area (Å²) < 4.78 is 5.26. The lowest BCUT2D eigenvalue weighted by Crippen LogP contribution is -2.35. The van der Waals surface area contributed by atoms with Crippen molar-refractivity contribution in [3.05, 3.63) is 18.2 Å². The molecule has 0 radical (unpaired) electrons. The highest BCUT2D eigenvalue weighted by Crippen LogP contribution is 2.33. The predicted molar refractivity (Wildman–Crippen MR) is 76.0 cm³/mol. The molecule has 0 spiro atoms. The van der Waals surface area contributed by atoms with Crippen LogP contribution in [0.1, 0.15) is 20.8 Å². The molecule has 1 aromatic carbocycles. The van der Waals surface area contributed by atoms with Crippen LogP contribution in [0.3, 0.4) is 0 Å². The Balaban J connectivity index is 2.75. The number of nitrogens with two attached hydrogens (primary N) is 1. The summed E-state index contributed by atoms with van der Waals surface area (Å²) in [6.45, 7) is 5.76. The SMILES string of the molecule is COc1cc(N)ccc1SC(C)C(=O)NC(C)C. The van der Waals surface area contributed by atoms with Crippen LogP contribution in [0.4, 0.5) is 5.69 Å². The number of thioether (sulfide) groups is 1. The highest BCUT2D eigenvalue weighted by molar-refractivity contribution is 8.00. The molecular weight excluding hydrogens is 248 g/mol. The average molecular weight is 268 g/mol. The Bertz CT molecular complexity index is 421. The monoisotopic (exact) mass is 268 g/mol. The Hall–Kier alpha value is -1.36. The maximum atomic E-state index is 11.8. The van der Waals surface area contributed by atoms with Gasteiger partial charge in [0, 0.05) is 17.8 Å². The van der Waals surface area contributed by atoms with Crippen LogP contribution in [0.15, 0.2) is 23.1 Å². The number of ether oxygens (including phenoxy) is 1. The Morgan fingerprint density at radius 1 is 1.39 bits per heavy atom. The number of benzene rings is 1. The molecule has 1 amide bonds. The zero-order valence-corrected chi connectivity index (χ0v) is 12.0. The van der Waals surface area contributed by atoms with Gasteiger partial charge in [0.25, 0.3) is 0 Å². The summed E-state index contributed by atoms with van der Waals surface area (Å²) >= 11 is 1.46. The summed E-state index contributed by atoms with van der Waals surface area (Å²) in [4.78, 5) is 12.7. The Labute approximate surface area is 112 Å². The van der Waals surface area contributed by atoms with Crippen LogP contribution in [0.25, 0.3) is 0 Å². The van der Waals surface area contributed by atoms with Crippen molar-refractivity contribution in [3.8, 4) is 5.75 Å². The smallest absolute Gasteiger partial charge is 0.233 e. The largest absolute Gasteiger partial charge is 0.496 e. The van der Waals surface area contributed by atoms with Gasteiger partial charge in [0.15, 0.2) is 0 Å². The summed E-state index contributed by atoms with van der Waals surface area (Å²) in [7, 11) is 1.59. The van der Waals surface area contributed by atoms with Gasteiger partial charge in [0.1, 0.15) is 5.75 Å². The molecule has 100 valence electrons. The van der Waals surface area contributed by atoms with Crippen molar-refractivity contribution in [2.24, 2.45) is 0 Å². The lowest BCUT2D eigenvalue weighted by Gasteiger charge is -2.16. The number of amides is 1. The van der Waals surface area contributed by atoms with Crippen molar-refractivity contribution in [2.75, 3.05) is 12.8 Å². The van der Waals surface area contributed by atoms with E-state index in [-0.39, 0.29) is 17.2 Å². The quantitative estimate of drug-likeness (QED) is 0.635. The summed E-state index contributed by atoms with van der Waals surface area (Å²) in [6, 6.07) is 5.58. The van der Waals surface area contributed by atoms with Gasteiger partial charge in [-0.15, -0.1) is 11.8 Å². The number of hydrogen-bond donors (Lipinski definition) is 2. The van der Waals surface area contributed by atoms with E-state index in [0.717, 1.165) is 4.90 Å². The molecule has 1 atom stereocenters. The van der Waals surface area contributed by atoms with Gasteiger partial charge in [0.2, 0.25) is 5.91 Å². The standard InChI is InChI=1S/C13H20N2O2S/c1-8(2)15-13(16)9(3)18-12-6-5-10(14)7-11(12)17-4/h5-9H,14H2,1-4H3,(H,15,16). The lowest BCUT2D eigenvalue weighted by molar-refractivity contribution is -0.120. The number of nitrogens with one attached hydrogen (secondary N) is 1. The molecule has 0 heterocycles. The summed E-state index contributed by atoms with van der Waals surface area (Å²) in [5, 5.41) is 2.71. The molecule has 18 heavy (non-hydrogen) atoms. The highest BCUT2D eigenvalue weighted by atomic mass is 32.2. The molecule has 5 heteroatoms. The van der Waals surface area contributed by atoms with E-state index in [4.69, 9.17) is 10.5 Å². The Morgan fingerprint density at radius 2 is 2.06 bits per heavy atom. The third-order valence-electron chi connectivity index (χ3n) is 2.29. The van der Waals surface area contributed by atoms with Crippen molar-refractivity contribution in [3.63, 3.8) is 0 Å². The third-order valence-corrected chi connectivity index (χ3v) is 3.45. The molecule has 0 fully saturated rings. The Kier molecular flexibility index (Phi) is 5.34. The summed E-state index contributed by atoms with van der Waals surface area (Å²) in [6.07, 6.45) is 0. The third kappa shape index (κ3) is 4.14. The molecule has 1 aromatic rings. The van der Waals surface area contributed by atoms with Gasteiger partial charge in [-0.05, 0) is 32.9 Å². The van der Waals surface area contributed by atoms with Crippen molar-refractivity contribution in [1.82, 2.24) is 5.32 Å². The van der Waals surface area contributed by atoms with Crippen LogP contribution in [-0.2, 0) is 4.79 Å². The molecule has 1 rings (SSSR count). The maximum absolute atomic E-state index is 11.8. The number of carbonyl (C=O) groups excluding carboxylic acids is 1. The molecule has 0 saturated carbocycles. The van der Waals surface area contributed by atoms with E-state index in [1.165, 1.54) is 11.8 Å². The van der Waals surface area contributed by atoms with E-state index >= 15 is 0 Å². The fourth-order valence-electron chi connectivity index (χ4n) is 1.43.